The molecule has 0 saturated carbocycles. The summed E-state index contributed by atoms with van der Waals surface area (Å²) in [6.45, 7) is 2.17. The van der Waals surface area contributed by atoms with Crippen LogP contribution in [0.4, 0.5) is 0 Å². The molecule has 3 heteroatoms. The van der Waals surface area contributed by atoms with Crippen molar-refractivity contribution in [2.45, 2.75) is 6.92 Å². The number of fused-ring (bicyclic) bond motifs is 9. The van der Waals surface area contributed by atoms with Gasteiger partial charge in [0, 0.05) is 49.4 Å². The first-order valence-corrected chi connectivity index (χ1v) is 15.9. The van der Waals surface area contributed by atoms with Crippen molar-refractivity contribution in [2.75, 3.05) is 0 Å². The van der Waals surface area contributed by atoms with E-state index in [1.807, 2.05) is 0 Å². The number of rotatable bonds is 3. The van der Waals surface area contributed by atoms with Gasteiger partial charge >= 0.3 is 0 Å². The molecular weight excluding hydrogens is 558 g/mol. The van der Waals surface area contributed by atoms with E-state index in [-0.39, 0.29) is 0 Å². The molecule has 0 N–H and O–H groups in total. The number of para-hydroxylation sites is 4. The molecule has 0 bridgehead atoms. The maximum absolute atomic E-state index is 2.42. The standard InChI is InChI=1S/C43H29N3/c1-28-21-23-36-34-15-4-8-19-40(34)46(43(36)25-28)31-22-24-42-37(27-31)35-16-5-9-20-41(35)45(42)30-12-10-11-29(26-30)44-38-17-6-2-13-32(38)33-14-3-7-18-39(33)44/h2-27H,1H3. The summed E-state index contributed by atoms with van der Waals surface area (Å²) >= 11 is 0. The van der Waals surface area contributed by atoms with Crippen LogP contribution in [0.25, 0.3) is 82.5 Å². The Morgan fingerprint density at radius 1 is 0.283 bits per heavy atom. The highest BCUT2D eigenvalue weighted by molar-refractivity contribution is 6.13. The minimum atomic E-state index is 1.14. The van der Waals surface area contributed by atoms with Crippen molar-refractivity contribution < 1.29 is 0 Å². The van der Waals surface area contributed by atoms with E-state index in [0.717, 1.165) is 11.4 Å². The molecular formula is C43H29N3. The van der Waals surface area contributed by atoms with E-state index in [2.05, 4.69) is 178 Å². The predicted octanol–water partition coefficient (Wildman–Crippen LogP) is 11.3. The zero-order chi connectivity index (χ0) is 30.4. The van der Waals surface area contributed by atoms with Crippen LogP contribution in [-0.2, 0) is 0 Å². The average Bonchev–Trinajstić information content (AvgIpc) is 3.73. The van der Waals surface area contributed by atoms with E-state index < -0.39 is 0 Å². The molecule has 216 valence electrons. The van der Waals surface area contributed by atoms with E-state index in [0.29, 0.717) is 0 Å². The summed E-state index contributed by atoms with van der Waals surface area (Å²) in [5, 5.41) is 7.60. The Hall–Kier alpha value is -6.06. The monoisotopic (exact) mass is 587 g/mol. The van der Waals surface area contributed by atoms with Gasteiger partial charge < -0.3 is 13.7 Å². The molecule has 0 atom stereocenters. The van der Waals surface area contributed by atoms with Gasteiger partial charge in [0.1, 0.15) is 0 Å². The molecule has 7 aromatic carbocycles. The van der Waals surface area contributed by atoms with Crippen molar-refractivity contribution in [3.63, 3.8) is 0 Å². The molecule has 0 unspecified atom stereocenters. The fraction of sp³-hybridized carbons (Fsp3) is 0.0233. The van der Waals surface area contributed by atoms with E-state index in [1.54, 1.807) is 0 Å². The lowest BCUT2D eigenvalue weighted by Gasteiger charge is -2.13. The first-order valence-electron chi connectivity index (χ1n) is 15.9. The summed E-state index contributed by atoms with van der Waals surface area (Å²) in [7, 11) is 0. The second kappa shape index (κ2) is 9.47. The van der Waals surface area contributed by atoms with Crippen molar-refractivity contribution in [2.24, 2.45) is 0 Å². The Kier molecular flexibility index (Phi) is 5.20. The fourth-order valence-corrected chi connectivity index (χ4v) is 7.71. The molecule has 46 heavy (non-hydrogen) atoms. The molecule has 0 saturated heterocycles. The first-order chi connectivity index (χ1) is 22.7. The Morgan fingerprint density at radius 2 is 0.696 bits per heavy atom. The van der Waals surface area contributed by atoms with E-state index in [1.165, 1.54) is 76.7 Å². The van der Waals surface area contributed by atoms with Crippen LogP contribution in [-0.4, -0.2) is 13.7 Å². The van der Waals surface area contributed by atoms with Crippen LogP contribution in [0.1, 0.15) is 5.56 Å². The normalized spacial score (nSPS) is 12.0. The van der Waals surface area contributed by atoms with Crippen LogP contribution in [0, 0.1) is 6.92 Å². The highest BCUT2D eigenvalue weighted by Gasteiger charge is 2.18. The summed E-state index contributed by atoms with van der Waals surface area (Å²) in [6.07, 6.45) is 0. The van der Waals surface area contributed by atoms with Gasteiger partial charge in [0.2, 0.25) is 0 Å². The van der Waals surface area contributed by atoms with Crippen molar-refractivity contribution in [1.82, 2.24) is 13.7 Å². The quantitative estimate of drug-likeness (QED) is 0.195. The Balaban J connectivity index is 1.22. The minimum absolute atomic E-state index is 1.14. The zero-order valence-electron chi connectivity index (χ0n) is 25.4. The first kappa shape index (κ1) is 25.3. The number of hydrogen-bond donors (Lipinski definition) is 0. The Bertz CT molecular complexity index is 2770. The second-order valence-corrected chi connectivity index (χ2v) is 12.3. The average molecular weight is 588 g/mol. The highest BCUT2D eigenvalue weighted by atomic mass is 15.0. The second-order valence-electron chi connectivity index (χ2n) is 12.3. The predicted molar refractivity (Wildman–Crippen MR) is 194 cm³/mol. The maximum atomic E-state index is 2.42. The molecule has 0 amide bonds. The number of aromatic nitrogens is 3. The number of nitrogens with zero attached hydrogens (tertiary/aromatic N) is 3. The minimum Gasteiger partial charge on any atom is -0.309 e. The molecule has 0 aliphatic heterocycles. The van der Waals surface area contributed by atoms with E-state index in [4.69, 9.17) is 0 Å². The van der Waals surface area contributed by atoms with Crippen LogP contribution >= 0.6 is 0 Å². The smallest absolute Gasteiger partial charge is 0.0543 e. The lowest BCUT2D eigenvalue weighted by molar-refractivity contribution is 1.13. The Morgan fingerprint density at radius 3 is 1.24 bits per heavy atom. The summed E-state index contributed by atoms with van der Waals surface area (Å²) in [5.74, 6) is 0. The zero-order valence-corrected chi connectivity index (χ0v) is 25.4. The lowest BCUT2D eigenvalue weighted by atomic mass is 10.1. The molecule has 0 spiro atoms. The van der Waals surface area contributed by atoms with Gasteiger partial charge in [-0.3, -0.25) is 0 Å². The van der Waals surface area contributed by atoms with Crippen LogP contribution in [0.15, 0.2) is 158 Å². The van der Waals surface area contributed by atoms with Crippen LogP contribution in [0.3, 0.4) is 0 Å². The molecule has 10 aromatic rings. The molecule has 0 aliphatic carbocycles. The van der Waals surface area contributed by atoms with Gasteiger partial charge in [0.25, 0.3) is 0 Å². The third-order valence-electron chi connectivity index (χ3n) is 9.67. The highest BCUT2D eigenvalue weighted by Crippen LogP contribution is 2.38. The number of aryl methyl sites for hydroxylation is 1. The molecule has 0 fully saturated rings. The summed E-state index contributed by atoms with van der Waals surface area (Å²) in [6, 6.07) is 57.6. The van der Waals surface area contributed by atoms with Gasteiger partial charge in [-0.25, -0.2) is 0 Å². The van der Waals surface area contributed by atoms with Gasteiger partial charge in [-0.2, -0.15) is 0 Å². The number of benzene rings is 7. The molecule has 3 aromatic heterocycles. The number of hydrogen-bond acceptors (Lipinski definition) is 0. The van der Waals surface area contributed by atoms with Crippen LogP contribution in [0.5, 0.6) is 0 Å². The SMILES string of the molecule is Cc1ccc2c3ccccc3n(-c3ccc4c(c3)c3ccccc3n4-c3cccc(-n4c5ccccc5c5ccccc54)c3)c2c1. The topological polar surface area (TPSA) is 14.8 Å². The van der Waals surface area contributed by atoms with Gasteiger partial charge in [-0.05, 0) is 79.2 Å². The third kappa shape index (κ3) is 3.48. The largest absolute Gasteiger partial charge is 0.309 e. The van der Waals surface area contributed by atoms with Gasteiger partial charge in [-0.15, -0.1) is 0 Å². The van der Waals surface area contributed by atoms with Gasteiger partial charge in [0.15, 0.2) is 0 Å². The summed E-state index contributed by atoms with van der Waals surface area (Å²) in [5.41, 5.74) is 12.0. The third-order valence-corrected chi connectivity index (χ3v) is 9.67. The van der Waals surface area contributed by atoms with E-state index in [9.17, 15) is 0 Å². The maximum Gasteiger partial charge on any atom is 0.0543 e. The fourth-order valence-electron chi connectivity index (χ4n) is 7.71. The molecule has 0 radical (unpaired) electrons. The Labute approximate surface area is 265 Å². The lowest BCUT2D eigenvalue weighted by Crippen LogP contribution is -1.99. The van der Waals surface area contributed by atoms with Crippen LogP contribution in [0.2, 0.25) is 0 Å². The van der Waals surface area contributed by atoms with Crippen LogP contribution < -0.4 is 0 Å². The van der Waals surface area contributed by atoms with Crippen molar-refractivity contribution in [1.29, 1.82) is 0 Å². The molecule has 10 rings (SSSR count). The van der Waals surface area contributed by atoms with E-state index >= 15 is 0 Å². The molecule has 3 nitrogen and oxygen atoms in total. The summed E-state index contributed by atoms with van der Waals surface area (Å²) < 4.78 is 7.23. The van der Waals surface area contributed by atoms with Crippen molar-refractivity contribution in [3.8, 4) is 17.1 Å². The van der Waals surface area contributed by atoms with Gasteiger partial charge in [-0.1, -0.05) is 91.0 Å². The molecule has 3 heterocycles. The van der Waals surface area contributed by atoms with Gasteiger partial charge in [0.05, 0.1) is 33.1 Å². The molecule has 0 aliphatic rings. The van der Waals surface area contributed by atoms with Crippen molar-refractivity contribution >= 4 is 65.4 Å². The van der Waals surface area contributed by atoms with Crippen molar-refractivity contribution in [3.05, 3.63) is 163 Å². The summed E-state index contributed by atoms with van der Waals surface area (Å²) in [4.78, 5) is 0.